The average Bonchev–Trinajstić information content (AvgIpc) is 2.79. The van der Waals surface area contributed by atoms with E-state index in [-0.39, 0.29) is 6.04 Å². The van der Waals surface area contributed by atoms with Gasteiger partial charge in [-0.25, -0.2) is 0 Å². The van der Waals surface area contributed by atoms with E-state index in [1.165, 1.54) is 4.88 Å². The number of rotatable bonds is 8. The molecule has 1 rings (SSSR count). The fraction of sp³-hybridized carbons (Fsp3) is 0.500. The Morgan fingerprint density at radius 1 is 1.69 bits per heavy atom. The maximum Gasteiger partial charge on any atom is 0.0898 e. The van der Waals surface area contributed by atoms with Gasteiger partial charge in [0.1, 0.15) is 0 Å². The van der Waals surface area contributed by atoms with Crippen molar-refractivity contribution in [2.24, 2.45) is 0 Å². The molecule has 0 amide bonds. The van der Waals surface area contributed by atoms with Crippen LogP contribution in [-0.4, -0.2) is 30.4 Å². The van der Waals surface area contributed by atoms with E-state index in [4.69, 9.17) is 4.74 Å². The maximum absolute atomic E-state index is 9.60. The summed E-state index contributed by atoms with van der Waals surface area (Å²) in [6.07, 6.45) is 1.33. The molecule has 1 heterocycles. The van der Waals surface area contributed by atoms with Crippen molar-refractivity contribution in [2.75, 3.05) is 13.2 Å². The Morgan fingerprint density at radius 3 is 3.12 bits per heavy atom. The first-order chi connectivity index (χ1) is 7.72. The van der Waals surface area contributed by atoms with Gasteiger partial charge in [-0.3, -0.25) is 0 Å². The third kappa shape index (κ3) is 5.42. The van der Waals surface area contributed by atoms with Crippen LogP contribution < -0.4 is 5.32 Å². The molecule has 0 aliphatic carbocycles. The summed E-state index contributed by atoms with van der Waals surface area (Å²) >= 11 is 1.66. The summed E-state index contributed by atoms with van der Waals surface area (Å²) in [6.45, 7) is 7.11. The van der Waals surface area contributed by atoms with E-state index in [2.05, 4.69) is 11.9 Å². The van der Waals surface area contributed by atoms with E-state index in [0.717, 1.165) is 0 Å². The minimum Gasteiger partial charge on any atom is -0.389 e. The first-order valence-electron chi connectivity index (χ1n) is 5.36. The standard InChI is InChI=1S/C12H19NO2S/c1-3-10(2)13-7-11(14)8-15-9-12-5-4-6-16-12/h3-6,10-11,13-14H,1,7-9H2,2H3. The van der Waals surface area contributed by atoms with Crippen molar-refractivity contribution < 1.29 is 9.84 Å². The zero-order valence-corrected chi connectivity index (χ0v) is 10.4. The van der Waals surface area contributed by atoms with Crippen LogP contribution in [0.5, 0.6) is 0 Å². The van der Waals surface area contributed by atoms with E-state index < -0.39 is 6.10 Å². The minimum atomic E-state index is -0.470. The topological polar surface area (TPSA) is 41.5 Å². The lowest BCUT2D eigenvalue weighted by Crippen LogP contribution is -2.34. The quantitative estimate of drug-likeness (QED) is 0.682. The number of nitrogens with one attached hydrogen (secondary N) is 1. The molecule has 0 aliphatic rings. The molecular weight excluding hydrogens is 222 g/mol. The first kappa shape index (κ1) is 13.4. The number of aliphatic hydroxyl groups is 1. The molecule has 0 spiro atoms. The minimum absolute atomic E-state index is 0.215. The molecule has 1 aromatic rings. The van der Waals surface area contributed by atoms with E-state index in [1.54, 1.807) is 17.4 Å². The van der Waals surface area contributed by atoms with Crippen LogP contribution in [-0.2, 0) is 11.3 Å². The van der Waals surface area contributed by atoms with Crippen molar-refractivity contribution in [1.82, 2.24) is 5.32 Å². The molecule has 16 heavy (non-hydrogen) atoms. The number of hydrogen-bond acceptors (Lipinski definition) is 4. The smallest absolute Gasteiger partial charge is 0.0898 e. The number of ether oxygens (including phenoxy) is 1. The van der Waals surface area contributed by atoms with E-state index >= 15 is 0 Å². The van der Waals surface area contributed by atoms with Gasteiger partial charge in [0.2, 0.25) is 0 Å². The molecule has 2 atom stereocenters. The molecule has 0 saturated carbocycles. The lowest BCUT2D eigenvalue weighted by Gasteiger charge is -2.14. The number of thiophene rings is 1. The monoisotopic (exact) mass is 241 g/mol. The summed E-state index contributed by atoms with van der Waals surface area (Å²) in [5, 5.41) is 14.8. The Labute approximate surface area is 101 Å². The van der Waals surface area contributed by atoms with Gasteiger partial charge in [0.05, 0.1) is 19.3 Å². The van der Waals surface area contributed by atoms with Gasteiger partial charge in [0.25, 0.3) is 0 Å². The van der Waals surface area contributed by atoms with Gasteiger partial charge >= 0.3 is 0 Å². The van der Waals surface area contributed by atoms with Crippen molar-refractivity contribution in [3.05, 3.63) is 35.0 Å². The highest BCUT2D eigenvalue weighted by Gasteiger charge is 2.05. The molecular formula is C12H19NO2S. The highest BCUT2D eigenvalue weighted by molar-refractivity contribution is 7.09. The number of aliphatic hydroxyl groups excluding tert-OH is 1. The largest absolute Gasteiger partial charge is 0.389 e. The zero-order chi connectivity index (χ0) is 11.8. The molecule has 90 valence electrons. The molecule has 0 fully saturated rings. The Balaban J connectivity index is 2.06. The predicted octanol–water partition coefficient (Wildman–Crippen LogP) is 1.79. The Kier molecular flexibility index (Phi) is 6.33. The predicted molar refractivity (Wildman–Crippen MR) is 67.6 cm³/mol. The van der Waals surface area contributed by atoms with E-state index in [9.17, 15) is 5.11 Å². The van der Waals surface area contributed by atoms with Crippen molar-refractivity contribution in [3.63, 3.8) is 0 Å². The van der Waals surface area contributed by atoms with Crippen LogP contribution in [0.4, 0.5) is 0 Å². The second-order valence-corrected chi connectivity index (χ2v) is 4.71. The van der Waals surface area contributed by atoms with E-state index in [0.29, 0.717) is 19.8 Å². The maximum atomic E-state index is 9.60. The van der Waals surface area contributed by atoms with Crippen LogP contribution in [0.15, 0.2) is 30.2 Å². The molecule has 4 heteroatoms. The van der Waals surface area contributed by atoms with Gasteiger partial charge in [-0.2, -0.15) is 0 Å². The molecule has 0 saturated heterocycles. The summed E-state index contributed by atoms with van der Waals surface area (Å²) < 4.78 is 5.40. The lowest BCUT2D eigenvalue weighted by atomic mass is 10.3. The summed E-state index contributed by atoms with van der Waals surface area (Å²) in [5.74, 6) is 0. The van der Waals surface area contributed by atoms with Crippen LogP contribution in [0.1, 0.15) is 11.8 Å². The highest BCUT2D eigenvalue weighted by atomic mass is 32.1. The van der Waals surface area contributed by atoms with Gasteiger partial charge in [-0.15, -0.1) is 17.9 Å². The van der Waals surface area contributed by atoms with Crippen LogP contribution in [0.25, 0.3) is 0 Å². The average molecular weight is 241 g/mol. The zero-order valence-electron chi connectivity index (χ0n) is 9.56. The van der Waals surface area contributed by atoms with Crippen LogP contribution >= 0.6 is 11.3 Å². The Morgan fingerprint density at radius 2 is 2.50 bits per heavy atom. The van der Waals surface area contributed by atoms with Crippen molar-refractivity contribution in [3.8, 4) is 0 Å². The third-order valence-electron chi connectivity index (χ3n) is 2.16. The Hall–Kier alpha value is -0.680. The van der Waals surface area contributed by atoms with Gasteiger partial charge in [-0.1, -0.05) is 12.1 Å². The lowest BCUT2D eigenvalue weighted by molar-refractivity contribution is 0.0294. The fourth-order valence-electron chi connectivity index (χ4n) is 1.15. The van der Waals surface area contributed by atoms with Crippen molar-refractivity contribution in [1.29, 1.82) is 0 Å². The van der Waals surface area contributed by atoms with Crippen molar-refractivity contribution >= 4 is 11.3 Å². The summed E-state index contributed by atoms with van der Waals surface area (Å²) in [7, 11) is 0. The second kappa shape index (κ2) is 7.57. The summed E-state index contributed by atoms with van der Waals surface area (Å²) in [4.78, 5) is 1.18. The van der Waals surface area contributed by atoms with Gasteiger partial charge in [-0.05, 0) is 18.4 Å². The van der Waals surface area contributed by atoms with Gasteiger partial charge in [0, 0.05) is 17.5 Å². The molecule has 2 unspecified atom stereocenters. The first-order valence-corrected chi connectivity index (χ1v) is 6.24. The highest BCUT2D eigenvalue weighted by Crippen LogP contribution is 2.09. The summed E-state index contributed by atoms with van der Waals surface area (Å²) in [5.41, 5.74) is 0. The molecule has 0 aliphatic heterocycles. The molecule has 0 aromatic carbocycles. The molecule has 2 N–H and O–H groups in total. The molecule has 1 aromatic heterocycles. The van der Waals surface area contributed by atoms with E-state index in [1.807, 2.05) is 24.4 Å². The molecule has 3 nitrogen and oxygen atoms in total. The number of hydrogen-bond donors (Lipinski definition) is 2. The van der Waals surface area contributed by atoms with Crippen LogP contribution in [0, 0.1) is 0 Å². The van der Waals surface area contributed by atoms with Gasteiger partial charge < -0.3 is 15.2 Å². The Bertz CT molecular complexity index is 287. The SMILES string of the molecule is C=CC(C)NCC(O)COCc1cccs1. The molecule has 0 bridgehead atoms. The van der Waals surface area contributed by atoms with Crippen LogP contribution in [0.3, 0.4) is 0 Å². The van der Waals surface area contributed by atoms with Crippen LogP contribution in [0.2, 0.25) is 0 Å². The van der Waals surface area contributed by atoms with Gasteiger partial charge in [0.15, 0.2) is 0 Å². The third-order valence-corrected chi connectivity index (χ3v) is 3.01. The van der Waals surface area contributed by atoms with Crippen molar-refractivity contribution in [2.45, 2.75) is 25.7 Å². The summed E-state index contributed by atoms with van der Waals surface area (Å²) in [6, 6.07) is 4.23. The normalized spacial score (nSPS) is 14.6. The molecule has 0 radical (unpaired) electrons. The second-order valence-electron chi connectivity index (χ2n) is 3.68. The fourth-order valence-corrected chi connectivity index (χ4v) is 1.79.